The maximum absolute atomic E-state index is 11.7. The third-order valence-corrected chi connectivity index (χ3v) is 2.68. The van der Waals surface area contributed by atoms with Crippen molar-refractivity contribution >= 4 is 5.91 Å². The second-order valence-electron chi connectivity index (χ2n) is 4.31. The average Bonchev–Trinajstić information content (AvgIpc) is 3.01. The molecule has 1 atom stereocenters. The van der Waals surface area contributed by atoms with Crippen molar-refractivity contribution in [3.05, 3.63) is 30.5 Å². The summed E-state index contributed by atoms with van der Waals surface area (Å²) in [6.45, 7) is 0.562. The Morgan fingerprint density at radius 3 is 3.00 bits per heavy atom. The summed E-state index contributed by atoms with van der Waals surface area (Å²) in [6, 6.07) is 3.71. The van der Waals surface area contributed by atoms with Crippen molar-refractivity contribution in [3.63, 3.8) is 0 Å². The topological polar surface area (TPSA) is 89.1 Å². The van der Waals surface area contributed by atoms with Gasteiger partial charge in [0.05, 0.1) is 12.3 Å². The number of hydrogen-bond donors (Lipinski definition) is 1. The smallest absolute Gasteiger partial charge is 0.241 e. The van der Waals surface area contributed by atoms with Gasteiger partial charge in [0.25, 0.3) is 0 Å². The summed E-state index contributed by atoms with van der Waals surface area (Å²) in [4.78, 5) is 13.7. The first-order valence-corrected chi connectivity index (χ1v) is 5.84. The van der Waals surface area contributed by atoms with Gasteiger partial charge in [0.2, 0.25) is 5.91 Å². The zero-order valence-corrected chi connectivity index (χ0v) is 10.9. The van der Waals surface area contributed by atoms with Gasteiger partial charge < -0.3 is 9.73 Å². The Morgan fingerprint density at radius 2 is 2.42 bits per heavy atom. The molecule has 0 fully saturated rings. The molecular formula is C11H16N6O2. The number of likely N-dealkylation sites (N-methyl/N-ethyl adjacent to an activating group) is 1. The summed E-state index contributed by atoms with van der Waals surface area (Å²) in [5.41, 5.74) is 0. The molecule has 8 heteroatoms. The zero-order valence-electron chi connectivity index (χ0n) is 10.9. The standard InChI is InChI=1S/C11H16N6O2/c1-16(2)9(10-4-3-5-19-10)6-12-11(18)7-17-8-13-14-15-17/h3-5,8-9H,6-7H2,1-2H3,(H,12,18). The second-order valence-corrected chi connectivity index (χ2v) is 4.31. The number of nitrogens with one attached hydrogen (secondary N) is 1. The first-order chi connectivity index (χ1) is 9.16. The first-order valence-electron chi connectivity index (χ1n) is 5.84. The third-order valence-electron chi connectivity index (χ3n) is 2.68. The van der Waals surface area contributed by atoms with E-state index in [0.717, 1.165) is 5.76 Å². The van der Waals surface area contributed by atoms with E-state index in [4.69, 9.17) is 4.42 Å². The van der Waals surface area contributed by atoms with Crippen LogP contribution in [0.3, 0.4) is 0 Å². The van der Waals surface area contributed by atoms with Crippen LogP contribution in [0.4, 0.5) is 0 Å². The number of hydrogen-bond acceptors (Lipinski definition) is 6. The molecule has 2 aromatic heterocycles. The van der Waals surface area contributed by atoms with Gasteiger partial charge in [-0.15, -0.1) is 5.10 Å². The van der Waals surface area contributed by atoms with Crippen LogP contribution in [0.5, 0.6) is 0 Å². The lowest BCUT2D eigenvalue weighted by Gasteiger charge is -2.22. The highest BCUT2D eigenvalue weighted by molar-refractivity contribution is 5.75. The zero-order chi connectivity index (χ0) is 13.7. The molecule has 8 nitrogen and oxygen atoms in total. The van der Waals surface area contributed by atoms with E-state index in [-0.39, 0.29) is 18.5 Å². The summed E-state index contributed by atoms with van der Waals surface area (Å²) < 4.78 is 6.73. The number of furan rings is 1. The minimum atomic E-state index is -0.147. The molecule has 0 saturated heterocycles. The van der Waals surface area contributed by atoms with Gasteiger partial charge in [-0.2, -0.15) is 0 Å². The fraction of sp³-hybridized carbons (Fsp3) is 0.455. The fourth-order valence-electron chi connectivity index (χ4n) is 1.68. The predicted molar refractivity (Wildman–Crippen MR) is 66.0 cm³/mol. The quantitative estimate of drug-likeness (QED) is 0.769. The van der Waals surface area contributed by atoms with Crippen molar-refractivity contribution in [1.29, 1.82) is 0 Å². The van der Waals surface area contributed by atoms with Crippen molar-refractivity contribution in [3.8, 4) is 0 Å². The van der Waals surface area contributed by atoms with Crippen LogP contribution in [0, 0.1) is 0 Å². The number of rotatable bonds is 6. The van der Waals surface area contributed by atoms with Crippen LogP contribution in [-0.4, -0.2) is 51.7 Å². The lowest BCUT2D eigenvalue weighted by Crippen LogP contribution is -2.36. The number of amides is 1. The lowest BCUT2D eigenvalue weighted by atomic mass is 10.2. The molecule has 1 N–H and O–H groups in total. The third kappa shape index (κ3) is 3.62. The Balaban J connectivity index is 1.87. The van der Waals surface area contributed by atoms with Gasteiger partial charge in [0.15, 0.2) is 0 Å². The highest BCUT2D eigenvalue weighted by Crippen LogP contribution is 2.17. The van der Waals surface area contributed by atoms with Gasteiger partial charge in [-0.05, 0) is 36.7 Å². The molecule has 0 aromatic carbocycles. The molecule has 0 radical (unpaired) electrons. The predicted octanol–water partition coefficient (Wildman–Crippen LogP) is -0.315. The molecule has 19 heavy (non-hydrogen) atoms. The van der Waals surface area contributed by atoms with E-state index < -0.39 is 0 Å². The highest BCUT2D eigenvalue weighted by Gasteiger charge is 2.17. The van der Waals surface area contributed by atoms with Gasteiger partial charge in [-0.3, -0.25) is 9.69 Å². The normalized spacial score (nSPS) is 12.6. The van der Waals surface area contributed by atoms with E-state index in [9.17, 15) is 4.79 Å². The molecule has 0 spiro atoms. The van der Waals surface area contributed by atoms with Crippen molar-refractivity contribution in [2.45, 2.75) is 12.6 Å². The summed E-state index contributed by atoms with van der Waals surface area (Å²) >= 11 is 0. The molecule has 102 valence electrons. The van der Waals surface area contributed by atoms with Crippen molar-refractivity contribution in [1.82, 2.24) is 30.4 Å². The molecule has 0 aliphatic carbocycles. The number of aromatic nitrogens is 4. The van der Waals surface area contributed by atoms with Crippen LogP contribution >= 0.6 is 0 Å². The van der Waals surface area contributed by atoms with E-state index in [1.807, 2.05) is 31.1 Å². The van der Waals surface area contributed by atoms with Gasteiger partial charge in [-0.25, -0.2) is 4.68 Å². The number of tetrazole rings is 1. The second kappa shape index (κ2) is 6.10. The van der Waals surface area contributed by atoms with Gasteiger partial charge in [-0.1, -0.05) is 0 Å². The number of carbonyl (C=O) groups is 1. The van der Waals surface area contributed by atoms with Crippen molar-refractivity contribution in [2.24, 2.45) is 0 Å². The Hall–Kier alpha value is -2.22. The number of carbonyl (C=O) groups excluding carboxylic acids is 1. The van der Waals surface area contributed by atoms with Gasteiger partial charge in [0, 0.05) is 6.54 Å². The first kappa shape index (κ1) is 13.2. The summed E-state index contributed by atoms with van der Waals surface area (Å²) in [5, 5.41) is 13.4. The Morgan fingerprint density at radius 1 is 1.58 bits per heavy atom. The van der Waals surface area contributed by atoms with E-state index in [1.54, 1.807) is 6.26 Å². The SMILES string of the molecule is CN(C)C(CNC(=O)Cn1cnnn1)c1ccco1. The number of nitrogens with zero attached hydrogens (tertiary/aromatic N) is 5. The maximum atomic E-state index is 11.7. The molecule has 1 unspecified atom stereocenters. The summed E-state index contributed by atoms with van der Waals surface area (Å²) in [7, 11) is 3.86. The minimum Gasteiger partial charge on any atom is -0.468 e. The molecule has 2 rings (SSSR count). The van der Waals surface area contributed by atoms with Crippen LogP contribution in [0.2, 0.25) is 0 Å². The molecule has 0 saturated carbocycles. The van der Waals surface area contributed by atoms with Crippen molar-refractivity contribution < 1.29 is 9.21 Å². The average molecular weight is 264 g/mol. The van der Waals surface area contributed by atoms with Crippen LogP contribution in [0.15, 0.2) is 29.1 Å². The summed E-state index contributed by atoms with van der Waals surface area (Å²) in [6.07, 6.45) is 3.02. The van der Waals surface area contributed by atoms with Crippen molar-refractivity contribution in [2.75, 3.05) is 20.6 Å². The van der Waals surface area contributed by atoms with E-state index >= 15 is 0 Å². The Labute approximate surface area is 110 Å². The molecule has 1 amide bonds. The Kier molecular flexibility index (Phi) is 4.24. The monoisotopic (exact) mass is 264 g/mol. The molecule has 2 aromatic rings. The molecular weight excluding hydrogens is 248 g/mol. The summed E-state index contributed by atoms with van der Waals surface area (Å²) in [5.74, 6) is 0.665. The fourth-order valence-corrected chi connectivity index (χ4v) is 1.68. The van der Waals surface area contributed by atoms with E-state index in [0.29, 0.717) is 6.54 Å². The highest BCUT2D eigenvalue weighted by atomic mass is 16.3. The minimum absolute atomic E-state index is 0.00665. The molecule has 0 bridgehead atoms. The van der Waals surface area contributed by atoms with Gasteiger partial charge in [0.1, 0.15) is 18.6 Å². The van der Waals surface area contributed by atoms with E-state index in [2.05, 4.69) is 20.8 Å². The Bertz CT molecular complexity index is 493. The van der Waals surface area contributed by atoms with Crippen LogP contribution in [0.1, 0.15) is 11.8 Å². The molecule has 0 aliphatic rings. The van der Waals surface area contributed by atoms with E-state index in [1.165, 1.54) is 11.0 Å². The van der Waals surface area contributed by atoms with Crippen LogP contribution in [-0.2, 0) is 11.3 Å². The molecule has 2 heterocycles. The lowest BCUT2D eigenvalue weighted by molar-refractivity contribution is -0.122. The maximum Gasteiger partial charge on any atom is 0.241 e. The van der Waals surface area contributed by atoms with Crippen LogP contribution in [0.25, 0.3) is 0 Å². The van der Waals surface area contributed by atoms with Crippen LogP contribution < -0.4 is 5.32 Å². The largest absolute Gasteiger partial charge is 0.468 e. The van der Waals surface area contributed by atoms with Gasteiger partial charge >= 0.3 is 0 Å². The molecule has 0 aliphatic heterocycles.